The predicted molar refractivity (Wildman–Crippen MR) is 77.2 cm³/mol. The van der Waals surface area contributed by atoms with Crippen molar-refractivity contribution in [2.75, 3.05) is 18.6 Å². The number of nitrogens with one attached hydrogen (secondary N) is 1. The molecule has 0 heterocycles. The lowest BCUT2D eigenvalue weighted by Crippen LogP contribution is -2.34. The van der Waals surface area contributed by atoms with Gasteiger partial charge in [0.15, 0.2) is 0 Å². The van der Waals surface area contributed by atoms with Gasteiger partial charge in [0.2, 0.25) is 0 Å². The smallest absolute Gasteiger partial charge is 0.147 e. The molecular weight excluding hydrogens is 238 g/mol. The molecule has 0 aliphatic carbocycles. The fourth-order valence-electron chi connectivity index (χ4n) is 1.34. The van der Waals surface area contributed by atoms with E-state index in [4.69, 9.17) is 0 Å². The molecule has 0 bridgehead atoms. The first-order valence-corrected chi connectivity index (χ1v) is 8.63. The fourth-order valence-corrected chi connectivity index (χ4v) is 3.82. The number of carbonyl (C=O) groups is 1. The molecule has 0 saturated heterocycles. The van der Waals surface area contributed by atoms with E-state index >= 15 is 0 Å². The molecule has 1 N–H and O–H groups in total. The highest BCUT2D eigenvalue weighted by Gasteiger charge is 2.10. The topological polar surface area (TPSA) is 29.1 Å². The van der Waals surface area contributed by atoms with Gasteiger partial charge in [0.25, 0.3) is 0 Å². The normalized spacial score (nSPS) is 12.7. The van der Waals surface area contributed by atoms with Crippen molar-refractivity contribution in [1.82, 2.24) is 5.32 Å². The Morgan fingerprint density at radius 2 is 1.88 bits per heavy atom. The molecule has 0 saturated carbocycles. The number of Topliss-reactive ketones (excluding diaryl/α,β-unsaturated/α-hetero) is 1. The summed E-state index contributed by atoms with van der Waals surface area (Å²) < 4.78 is 0. The van der Waals surface area contributed by atoms with Gasteiger partial charge in [-0.2, -0.15) is 0 Å². The molecule has 96 valence electrons. The summed E-state index contributed by atoms with van der Waals surface area (Å²) in [6, 6.07) is 0.0255. The Balaban J connectivity index is 3.22. The molecule has 4 heteroatoms. The van der Waals surface area contributed by atoms with E-state index in [9.17, 15) is 4.79 Å². The van der Waals surface area contributed by atoms with Crippen molar-refractivity contribution >= 4 is 27.4 Å². The van der Waals surface area contributed by atoms with Crippen molar-refractivity contribution in [3.05, 3.63) is 0 Å². The van der Waals surface area contributed by atoms with Crippen molar-refractivity contribution < 1.29 is 4.79 Å². The second-order valence-corrected chi connectivity index (χ2v) is 6.60. The molecule has 0 aromatic rings. The standard InChI is InChI=1S/C12H25NOS2/c1-4-5-6-7-8-9-15-16-10-12(13-3)11(2)14/h12-13H,4-10H2,1-3H3. The van der Waals surface area contributed by atoms with Crippen molar-refractivity contribution in [3.63, 3.8) is 0 Å². The quantitative estimate of drug-likeness (QED) is 0.456. The maximum atomic E-state index is 11.1. The summed E-state index contributed by atoms with van der Waals surface area (Å²) >= 11 is 0. The zero-order valence-electron chi connectivity index (χ0n) is 10.8. The molecule has 16 heavy (non-hydrogen) atoms. The van der Waals surface area contributed by atoms with E-state index in [-0.39, 0.29) is 11.8 Å². The average molecular weight is 263 g/mol. The van der Waals surface area contributed by atoms with Gasteiger partial charge in [0.05, 0.1) is 6.04 Å². The molecule has 0 rings (SSSR count). The Morgan fingerprint density at radius 1 is 1.19 bits per heavy atom. The first-order chi connectivity index (χ1) is 7.72. The van der Waals surface area contributed by atoms with Crippen LogP contribution in [0.2, 0.25) is 0 Å². The van der Waals surface area contributed by atoms with Crippen molar-refractivity contribution in [1.29, 1.82) is 0 Å². The monoisotopic (exact) mass is 263 g/mol. The largest absolute Gasteiger partial charge is 0.310 e. The van der Waals surface area contributed by atoms with Crippen LogP contribution in [0.5, 0.6) is 0 Å². The SMILES string of the molecule is CCCCCCCSSCC(NC)C(C)=O. The molecule has 2 nitrogen and oxygen atoms in total. The Hall–Kier alpha value is 0.330. The number of hydrogen-bond donors (Lipinski definition) is 1. The van der Waals surface area contributed by atoms with Crippen LogP contribution in [-0.2, 0) is 4.79 Å². The van der Waals surface area contributed by atoms with Gasteiger partial charge in [-0.3, -0.25) is 4.79 Å². The molecule has 0 aromatic heterocycles. The van der Waals surface area contributed by atoms with Crippen molar-refractivity contribution in [2.45, 2.75) is 52.0 Å². The Labute approximate surface area is 108 Å². The van der Waals surface area contributed by atoms with Crippen LogP contribution in [-0.4, -0.2) is 30.4 Å². The van der Waals surface area contributed by atoms with Gasteiger partial charge in [0, 0.05) is 11.5 Å². The Morgan fingerprint density at radius 3 is 2.44 bits per heavy atom. The highest BCUT2D eigenvalue weighted by atomic mass is 33.1. The molecule has 0 aliphatic heterocycles. The maximum Gasteiger partial charge on any atom is 0.147 e. The summed E-state index contributed by atoms with van der Waals surface area (Å²) in [4.78, 5) is 11.1. The van der Waals surface area contributed by atoms with Gasteiger partial charge in [-0.1, -0.05) is 54.2 Å². The van der Waals surface area contributed by atoms with Crippen LogP contribution in [0.1, 0.15) is 46.0 Å². The van der Waals surface area contributed by atoms with Crippen LogP contribution >= 0.6 is 21.6 Å². The third kappa shape index (κ3) is 9.55. The second-order valence-electron chi connectivity index (χ2n) is 3.97. The number of hydrogen-bond acceptors (Lipinski definition) is 4. The van der Waals surface area contributed by atoms with Gasteiger partial charge in [0.1, 0.15) is 5.78 Å². The first kappa shape index (κ1) is 16.3. The number of rotatable bonds is 11. The fraction of sp³-hybridized carbons (Fsp3) is 0.917. The van der Waals surface area contributed by atoms with E-state index in [0.29, 0.717) is 0 Å². The highest BCUT2D eigenvalue weighted by Crippen LogP contribution is 2.23. The first-order valence-electron chi connectivity index (χ1n) is 6.14. The summed E-state index contributed by atoms with van der Waals surface area (Å²) in [5, 5.41) is 3.04. The van der Waals surface area contributed by atoms with E-state index in [2.05, 4.69) is 12.2 Å². The van der Waals surface area contributed by atoms with E-state index in [0.717, 1.165) is 5.75 Å². The Kier molecular flexibility index (Phi) is 12.0. The zero-order chi connectivity index (χ0) is 12.2. The minimum atomic E-state index is 0.0255. The Bertz CT molecular complexity index is 176. The van der Waals surface area contributed by atoms with Gasteiger partial charge in [-0.25, -0.2) is 0 Å². The predicted octanol–water partition coefficient (Wildman–Crippen LogP) is 3.52. The molecule has 0 aromatic carbocycles. The third-order valence-electron chi connectivity index (χ3n) is 2.49. The van der Waals surface area contributed by atoms with Crippen LogP contribution in [0.25, 0.3) is 0 Å². The highest BCUT2D eigenvalue weighted by molar-refractivity contribution is 8.76. The van der Waals surface area contributed by atoms with Crippen LogP contribution in [0.3, 0.4) is 0 Å². The van der Waals surface area contributed by atoms with Crippen LogP contribution < -0.4 is 5.32 Å². The number of unbranched alkanes of at least 4 members (excludes halogenated alkanes) is 4. The van der Waals surface area contributed by atoms with Crippen LogP contribution in [0, 0.1) is 0 Å². The summed E-state index contributed by atoms with van der Waals surface area (Å²) in [6.07, 6.45) is 6.70. The van der Waals surface area contributed by atoms with Gasteiger partial charge in [-0.05, 0) is 20.4 Å². The summed E-state index contributed by atoms with van der Waals surface area (Å²) in [5.41, 5.74) is 0. The summed E-state index contributed by atoms with van der Waals surface area (Å²) in [6.45, 7) is 3.89. The number of ketones is 1. The van der Waals surface area contributed by atoms with Crippen molar-refractivity contribution in [3.8, 4) is 0 Å². The lowest BCUT2D eigenvalue weighted by atomic mass is 10.2. The molecule has 0 fully saturated rings. The molecular formula is C12H25NOS2. The molecule has 0 aliphatic rings. The second kappa shape index (κ2) is 11.8. The molecule has 1 unspecified atom stereocenters. The average Bonchev–Trinajstić information content (AvgIpc) is 2.26. The lowest BCUT2D eigenvalue weighted by molar-refractivity contribution is -0.118. The molecule has 0 spiro atoms. The molecule has 0 amide bonds. The lowest BCUT2D eigenvalue weighted by Gasteiger charge is -2.11. The zero-order valence-corrected chi connectivity index (χ0v) is 12.4. The summed E-state index contributed by atoms with van der Waals surface area (Å²) in [7, 11) is 5.56. The number of carbonyl (C=O) groups excluding carboxylic acids is 1. The van der Waals surface area contributed by atoms with E-state index in [1.165, 1.54) is 37.9 Å². The summed E-state index contributed by atoms with van der Waals surface area (Å²) in [5.74, 6) is 2.33. The van der Waals surface area contributed by atoms with E-state index in [1.807, 2.05) is 28.6 Å². The van der Waals surface area contributed by atoms with Crippen LogP contribution in [0.15, 0.2) is 0 Å². The minimum Gasteiger partial charge on any atom is -0.310 e. The van der Waals surface area contributed by atoms with Gasteiger partial charge in [-0.15, -0.1) is 0 Å². The molecule has 1 atom stereocenters. The van der Waals surface area contributed by atoms with Crippen LogP contribution in [0.4, 0.5) is 0 Å². The van der Waals surface area contributed by atoms with Gasteiger partial charge < -0.3 is 5.32 Å². The van der Waals surface area contributed by atoms with E-state index in [1.54, 1.807) is 6.92 Å². The third-order valence-corrected chi connectivity index (χ3v) is 4.99. The van der Waals surface area contributed by atoms with E-state index < -0.39 is 0 Å². The minimum absolute atomic E-state index is 0.0255. The number of likely N-dealkylation sites (N-methyl/N-ethyl adjacent to an activating group) is 1. The van der Waals surface area contributed by atoms with Gasteiger partial charge >= 0.3 is 0 Å². The maximum absolute atomic E-state index is 11.1. The molecule has 0 radical (unpaired) electrons. The van der Waals surface area contributed by atoms with Crippen molar-refractivity contribution in [2.24, 2.45) is 0 Å².